The summed E-state index contributed by atoms with van der Waals surface area (Å²) >= 11 is 6.25. The van der Waals surface area contributed by atoms with Gasteiger partial charge < -0.3 is 9.64 Å². The van der Waals surface area contributed by atoms with Crippen LogP contribution in [-0.4, -0.2) is 55.8 Å². The summed E-state index contributed by atoms with van der Waals surface area (Å²) in [6.45, 7) is 4.63. The summed E-state index contributed by atoms with van der Waals surface area (Å²) in [5.74, 6) is 1.44. The van der Waals surface area contributed by atoms with Gasteiger partial charge in [0.05, 0.1) is 24.3 Å². The largest absolute Gasteiger partial charge is 0.379 e. The van der Waals surface area contributed by atoms with Crippen molar-refractivity contribution in [1.82, 2.24) is 9.88 Å². The third kappa shape index (κ3) is 2.32. The zero-order chi connectivity index (χ0) is 12.5. The molecule has 98 valence electrons. The molecule has 3 rings (SSSR count). The molecule has 0 amide bonds. The van der Waals surface area contributed by atoms with Crippen LogP contribution in [0.25, 0.3) is 0 Å². The van der Waals surface area contributed by atoms with Gasteiger partial charge in [-0.3, -0.25) is 4.90 Å². The van der Waals surface area contributed by atoms with Crippen molar-refractivity contribution < 1.29 is 4.74 Å². The molecule has 3 heterocycles. The van der Waals surface area contributed by atoms with Gasteiger partial charge in [0.1, 0.15) is 5.82 Å². The topological polar surface area (TPSA) is 28.6 Å². The smallest absolute Gasteiger partial charge is 0.147 e. The Morgan fingerprint density at radius 2 is 2.22 bits per heavy atom. The van der Waals surface area contributed by atoms with E-state index in [9.17, 15) is 0 Å². The second-order valence-electron chi connectivity index (χ2n) is 5.21. The van der Waals surface area contributed by atoms with Crippen LogP contribution < -0.4 is 4.90 Å². The van der Waals surface area contributed by atoms with Gasteiger partial charge in [0.15, 0.2) is 0 Å². The molecular weight excluding hydrogens is 250 g/mol. The highest BCUT2D eigenvalue weighted by Crippen LogP contribution is 2.27. The molecular formula is C13H18ClN3O. The highest BCUT2D eigenvalue weighted by atomic mass is 35.5. The lowest BCUT2D eigenvalue weighted by Crippen LogP contribution is -2.42. The Morgan fingerprint density at radius 3 is 3.06 bits per heavy atom. The molecule has 2 bridgehead atoms. The average Bonchev–Trinajstić information content (AvgIpc) is 2.58. The van der Waals surface area contributed by atoms with Crippen LogP contribution in [-0.2, 0) is 4.74 Å². The number of fused-ring (bicyclic) bond motifs is 3. The number of aromatic nitrogens is 1. The predicted molar refractivity (Wildman–Crippen MR) is 72.2 cm³/mol. The molecule has 2 atom stereocenters. The Balaban J connectivity index is 1.88. The van der Waals surface area contributed by atoms with Crippen LogP contribution in [0.15, 0.2) is 18.3 Å². The van der Waals surface area contributed by atoms with Crippen LogP contribution in [0.4, 0.5) is 5.82 Å². The quantitative estimate of drug-likeness (QED) is 0.771. The molecule has 2 saturated heterocycles. The van der Waals surface area contributed by atoms with Crippen molar-refractivity contribution >= 4 is 17.4 Å². The lowest BCUT2D eigenvalue weighted by Gasteiger charge is -2.30. The molecule has 2 aliphatic rings. The number of hydrogen-bond donors (Lipinski definition) is 0. The van der Waals surface area contributed by atoms with Crippen LogP contribution in [0.5, 0.6) is 0 Å². The third-order valence-electron chi connectivity index (χ3n) is 3.78. The first-order chi connectivity index (χ1) is 8.74. The highest BCUT2D eigenvalue weighted by molar-refractivity contribution is 6.32. The van der Waals surface area contributed by atoms with E-state index in [1.165, 1.54) is 0 Å². The maximum atomic E-state index is 6.25. The second kappa shape index (κ2) is 5.03. The van der Waals surface area contributed by atoms with Crippen molar-refractivity contribution in [2.75, 3.05) is 44.8 Å². The molecule has 0 radical (unpaired) electrons. The van der Waals surface area contributed by atoms with Crippen molar-refractivity contribution in [3.05, 3.63) is 23.4 Å². The van der Waals surface area contributed by atoms with E-state index in [0.29, 0.717) is 12.0 Å². The van der Waals surface area contributed by atoms with E-state index < -0.39 is 0 Å². The van der Waals surface area contributed by atoms with E-state index in [4.69, 9.17) is 16.3 Å². The van der Waals surface area contributed by atoms with Crippen LogP contribution in [0.3, 0.4) is 0 Å². The first kappa shape index (κ1) is 12.2. The molecule has 2 aliphatic heterocycles. The van der Waals surface area contributed by atoms with E-state index in [0.717, 1.165) is 43.7 Å². The number of pyridine rings is 1. The van der Waals surface area contributed by atoms with Gasteiger partial charge in [-0.25, -0.2) is 4.98 Å². The Morgan fingerprint density at radius 1 is 1.33 bits per heavy atom. The van der Waals surface area contributed by atoms with Gasteiger partial charge in [0.2, 0.25) is 0 Å². The van der Waals surface area contributed by atoms with Crippen LogP contribution in [0, 0.1) is 5.92 Å². The summed E-state index contributed by atoms with van der Waals surface area (Å²) in [4.78, 5) is 9.14. The minimum Gasteiger partial charge on any atom is -0.379 e. The third-order valence-corrected chi connectivity index (χ3v) is 4.08. The molecule has 0 N–H and O–H groups in total. The van der Waals surface area contributed by atoms with E-state index in [1.807, 2.05) is 18.3 Å². The fourth-order valence-electron chi connectivity index (χ4n) is 2.83. The first-order valence-corrected chi connectivity index (χ1v) is 6.75. The number of hydrogen-bond acceptors (Lipinski definition) is 4. The number of likely N-dealkylation sites (N-methyl/N-ethyl adjacent to an activating group) is 1. The molecule has 0 aromatic carbocycles. The summed E-state index contributed by atoms with van der Waals surface area (Å²) < 4.78 is 5.72. The zero-order valence-corrected chi connectivity index (χ0v) is 11.3. The summed E-state index contributed by atoms with van der Waals surface area (Å²) in [7, 11) is 2.18. The minimum atomic E-state index is 0.426. The summed E-state index contributed by atoms with van der Waals surface area (Å²) in [6, 6.07) is 4.21. The Bertz CT molecular complexity index is 428. The molecule has 2 fully saturated rings. The predicted octanol–water partition coefficient (Wildman–Crippen LogP) is 1.50. The van der Waals surface area contributed by atoms with Crippen molar-refractivity contribution in [2.24, 2.45) is 5.92 Å². The second-order valence-corrected chi connectivity index (χ2v) is 5.62. The summed E-state index contributed by atoms with van der Waals surface area (Å²) in [5, 5.41) is 0.737. The molecule has 4 nitrogen and oxygen atoms in total. The van der Waals surface area contributed by atoms with Gasteiger partial charge in [0, 0.05) is 31.7 Å². The van der Waals surface area contributed by atoms with E-state index >= 15 is 0 Å². The van der Waals surface area contributed by atoms with Gasteiger partial charge in [-0.15, -0.1) is 0 Å². The Labute approximate surface area is 112 Å². The number of ether oxygens (including phenoxy) is 1. The maximum absolute atomic E-state index is 6.25. The maximum Gasteiger partial charge on any atom is 0.147 e. The fourth-order valence-corrected chi connectivity index (χ4v) is 3.07. The summed E-state index contributed by atoms with van der Waals surface area (Å²) in [6.07, 6.45) is 1.81. The van der Waals surface area contributed by atoms with Crippen molar-refractivity contribution in [1.29, 1.82) is 0 Å². The van der Waals surface area contributed by atoms with Gasteiger partial charge in [-0.05, 0) is 19.2 Å². The number of anilines is 1. The first-order valence-electron chi connectivity index (χ1n) is 6.37. The normalized spacial score (nSPS) is 29.1. The van der Waals surface area contributed by atoms with E-state index in [1.54, 1.807) is 0 Å². The average molecular weight is 268 g/mol. The zero-order valence-electron chi connectivity index (χ0n) is 10.6. The molecule has 18 heavy (non-hydrogen) atoms. The van der Waals surface area contributed by atoms with Crippen molar-refractivity contribution in [3.8, 4) is 0 Å². The molecule has 1 aromatic rings. The number of rotatable bonds is 1. The Hall–Kier alpha value is -0.840. The molecule has 0 spiro atoms. The van der Waals surface area contributed by atoms with Gasteiger partial charge in [0.25, 0.3) is 0 Å². The standard InChI is InChI=1S/C13H18ClN3O/c1-16-5-10-6-17(7-11(16)9-18-8-10)13-12(14)3-2-4-15-13/h2-4,10-11H,5-9H2,1H3/t10-,11+/m1/s1. The number of nitrogens with zero attached hydrogens (tertiary/aromatic N) is 3. The van der Waals surface area contributed by atoms with Crippen LogP contribution in [0.2, 0.25) is 5.02 Å². The van der Waals surface area contributed by atoms with E-state index in [-0.39, 0.29) is 0 Å². The van der Waals surface area contributed by atoms with Crippen molar-refractivity contribution in [2.45, 2.75) is 6.04 Å². The monoisotopic (exact) mass is 267 g/mol. The number of halogens is 1. The van der Waals surface area contributed by atoms with Crippen LogP contribution >= 0.6 is 11.6 Å². The van der Waals surface area contributed by atoms with Gasteiger partial charge in [-0.2, -0.15) is 0 Å². The molecule has 5 heteroatoms. The molecule has 0 unspecified atom stereocenters. The van der Waals surface area contributed by atoms with Gasteiger partial charge >= 0.3 is 0 Å². The van der Waals surface area contributed by atoms with Gasteiger partial charge in [-0.1, -0.05) is 11.6 Å². The SMILES string of the molecule is CN1C[C@H]2COC[C@@H]1CN(c1ncccc1Cl)C2. The summed E-state index contributed by atoms with van der Waals surface area (Å²) in [5.41, 5.74) is 0. The molecule has 1 aromatic heterocycles. The lowest BCUT2D eigenvalue weighted by molar-refractivity contribution is 0.0930. The molecule has 0 saturated carbocycles. The lowest BCUT2D eigenvalue weighted by atomic mass is 10.1. The Kier molecular flexibility index (Phi) is 3.41. The van der Waals surface area contributed by atoms with Crippen molar-refractivity contribution in [3.63, 3.8) is 0 Å². The fraction of sp³-hybridized carbons (Fsp3) is 0.615. The molecule has 0 aliphatic carbocycles. The minimum absolute atomic E-state index is 0.426. The van der Waals surface area contributed by atoms with Crippen LogP contribution in [0.1, 0.15) is 0 Å². The highest BCUT2D eigenvalue weighted by Gasteiger charge is 2.32. The van der Waals surface area contributed by atoms with E-state index in [2.05, 4.69) is 21.8 Å².